The number of hydrogen-bond acceptors (Lipinski definition) is 4. The van der Waals surface area contributed by atoms with E-state index in [0.29, 0.717) is 18.7 Å². The van der Waals surface area contributed by atoms with Gasteiger partial charge in [0.1, 0.15) is 10.8 Å². The number of hydrogen-bond donors (Lipinski definition) is 1. The van der Waals surface area contributed by atoms with Crippen LogP contribution in [0.2, 0.25) is 5.02 Å². The second-order valence-corrected chi connectivity index (χ2v) is 6.53. The van der Waals surface area contributed by atoms with E-state index in [1.54, 1.807) is 35.2 Å². The first-order valence-electron chi connectivity index (χ1n) is 8.99. The standard InChI is InChI=1S/C19H22ClF3N4O/c1-3-10-27(11-4-2)14(28)12-24-18-15(20)16(19(21,22)23)25-17(26-18)13-8-6-5-7-9-13/h5-9H,3-4,10-12H2,1-2H3,(H,24,25,26). The molecule has 0 atom stereocenters. The number of benzene rings is 1. The van der Waals surface area contributed by atoms with Crippen molar-refractivity contribution < 1.29 is 18.0 Å². The van der Waals surface area contributed by atoms with Crippen molar-refractivity contribution in [2.75, 3.05) is 25.0 Å². The number of anilines is 1. The van der Waals surface area contributed by atoms with Gasteiger partial charge in [-0.15, -0.1) is 0 Å². The third-order valence-electron chi connectivity index (χ3n) is 3.90. The normalized spacial score (nSPS) is 11.4. The fourth-order valence-electron chi connectivity index (χ4n) is 2.64. The molecule has 28 heavy (non-hydrogen) atoms. The monoisotopic (exact) mass is 414 g/mol. The van der Waals surface area contributed by atoms with E-state index in [0.717, 1.165) is 12.8 Å². The molecule has 0 saturated heterocycles. The summed E-state index contributed by atoms with van der Waals surface area (Å²) in [6, 6.07) is 8.28. The number of amides is 1. The quantitative estimate of drug-likeness (QED) is 0.669. The average molecular weight is 415 g/mol. The molecule has 152 valence electrons. The Morgan fingerprint density at radius 1 is 1.11 bits per heavy atom. The molecular formula is C19H22ClF3N4O. The number of nitrogens with one attached hydrogen (secondary N) is 1. The molecule has 1 aromatic carbocycles. The Kier molecular flexibility index (Phi) is 7.62. The average Bonchev–Trinajstić information content (AvgIpc) is 2.66. The van der Waals surface area contributed by atoms with Crippen LogP contribution in [0, 0.1) is 0 Å². The van der Waals surface area contributed by atoms with Gasteiger partial charge in [0.15, 0.2) is 11.5 Å². The highest BCUT2D eigenvalue weighted by atomic mass is 35.5. The van der Waals surface area contributed by atoms with Crippen LogP contribution in [-0.2, 0) is 11.0 Å². The van der Waals surface area contributed by atoms with Crippen molar-refractivity contribution in [2.24, 2.45) is 0 Å². The number of alkyl halides is 3. The molecule has 0 fully saturated rings. The lowest BCUT2D eigenvalue weighted by atomic mass is 10.2. The fraction of sp³-hybridized carbons (Fsp3) is 0.421. The maximum absolute atomic E-state index is 13.4. The van der Waals surface area contributed by atoms with Crippen molar-refractivity contribution >= 4 is 23.3 Å². The van der Waals surface area contributed by atoms with E-state index in [1.807, 2.05) is 13.8 Å². The summed E-state index contributed by atoms with van der Waals surface area (Å²) in [5, 5.41) is 2.00. The molecular weight excluding hydrogens is 393 g/mol. The summed E-state index contributed by atoms with van der Waals surface area (Å²) in [7, 11) is 0. The van der Waals surface area contributed by atoms with Crippen LogP contribution in [0.25, 0.3) is 11.4 Å². The van der Waals surface area contributed by atoms with Crippen molar-refractivity contribution in [3.05, 3.63) is 41.0 Å². The van der Waals surface area contributed by atoms with E-state index >= 15 is 0 Å². The minimum atomic E-state index is -4.75. The van der Waals surface area contributed by atoms with Gasteiger partial charge in [0.25, 0.3) is 0 Å². The molecule has 0 spiro atoms. The highest BCUT2D eigenvalue weighted by Gasteiger charge is 2.37. The molecule has 0 unspecified atom stereocenters. The maximum Gasteiger partial charge on any atom is 0.435 e. The van der Waals surface area contributed by atoms with E-state index in [4.69, 9.17) is 11.6 Å². The molecule has 0 aliphatic rings. The molecule has 9 heteroatoms. The SMILES string of the molecule is CCCN(CCC)C(=O)CNc1nc(-c2ccccc2)nc(C(F)(F)F)c1Cl. The summed E-state index contributed by atoms with van der Waals surface area (Å²) < 4.78 is 40.1. The van der Waals surface area contributed by atoms with Gasteiger partial charge in [-0.25, -0.2) is 9.97 Å². The summed E-state index contributed by atoms with van der Waals surface area (Å²) in [6.45, 7) is 4.85. The van der Waals surface area contributed by atoms with Gasteiger partial charge in [-0.05, 0) is 12.8 Å². The second-order valence-electron chi connectivity index (χ2n) is 6.16. The Labute approximate surface area is 166 Å². The smallest absolute Gasteiger partial charge is 0.360 e. The number of rotatable bonds is 8. The molecule has 0 saturated carbocycles. The predicted octanol–water partition coefficient (Wildman–Crippen LogP) is 4.88. The Morgan fingerprint density at radius 2 is 1.71 bits per heavy atom. The number of carbonyl (C=O) groups is 1. The van der Waals surface area contributed by atoms with E-state index in [9.17, 15) is 18.0 Å². The lowest BCUT2D eigenvalue weighted by Crippen LogP contribution is -2.36. The van der Waals surface area contributed by atoms with Gasteiger partial charge in [0.05, 0.1) is 6.54 Å². The molecule has 0 aliphatic carbocycles. The van der Waals surface area contributed by atoms with Gasteiger partial charge >= 0.3 is 6.18 Å². The van der Waals surface area contributed by atoms with Gasteiger partial charge in [0.2, 0.25) is 5.91 Å². The van der Waals surface area contributed by atoms with E-state index in [-0.39, 0.29) is 24.1 Å². The molecule has 0 bridgehead atoms. The van der Waals surface area contributed by atoms with Gasteiger partial charge in [0, 0.05) is 18.7 Å². The highest BCUT2D eigenvalue weighted by Crippen LogP contribution is 2.37. The lowest BCUT2D eigenvalue weighted by molar-refractivity contribution is -0.141. The van der Waals surface area contributed by atoms with E-state index in [2.05, 4.69) is 15.3 Å². The van der Waals surface area contributed by atoms with Crippen LogP contribution in [0.1, 0.15) is 32.4 Å². The van der Waals surface area contributed by atoms with Gasteiger partial charge in [-0.3, -0.25) is 4.79 Å². The number of halogens is 4. The molecule has 1 aromatic heterocycles. The first-order chi connectivity index (χ1) is 13.3. The molecule has 5 nitrogen and oxygen atoms in total. The summed E-state index contributed by atoms with van der Waals surface area (Å²) in [5.74, 6) is -0.566. The van der Waals surface area contributed by atoms with Crippen molar-refractivity contribution in [1.29, 1.82) is 0 Å². The first-order valence-corrected chi connectivity index (χ1v) is 9.37. The van der Waals surface area contributed by atoms with E-state index in [1.165, 1.54) is 0 Å². The zero-order chi connectivity index (χ0) is 20.7. The fourth-order valence-corrected chi connectivity index (χ4v) is 2.90. The van der Waals surface area contributed by atoms with Crippen LogP contribution in [0.5, 0.6) is 0 Å². The predicted molar refractivity (Wildman–Crippen MR) is 103 cm³/mol. The molecule has 1 heterocycles. The summed E-state index contributed by atoms with van der Waals surface area (Å²) in [6.07, 6.45) is -3.17. The van der Waals surface area contributed by atoms with Gasteiger partial charge < -0.3 is 10.2 Å². The minimum absolute atomic E-state index is 0.119. The topological polar surface area (TPSA) is 58.1 Å². The van der Waals surface area contributed by atoms with Crippen LogP contribution in [0.3, 0.4) is 0 Å². The van der Waals surface area contributed by atoms with E-state index < -0.39 is 16.9 Å². The largest absolute Gasteiger partial charge is 0.435 e. The zero-order valence-corrected chi connectivity index (χ0v) is 16.4. The second kappa shape index (κ2) is 9.73. The molecule has 2 rings (SSSR count). The van der Waals surface area contributed by atoms with Crippen molar-refractivity contribution in [3.8, 4) is 11.4 Å². The van der Waals surface area contributed by atoms with Crippen LogP contribution < -0.4 is 5.32 Å². The molecule has 1 N–H and O–H groups in total. The van der Waals surface area contributed by atoms with Gasteiger partial charge in [-0.2, -0.15) is 13.2 Å². The maximum atomic E-state index is 13.4. The van der Waals surface area contributed by atoms with Crippen molar-refractivity contribution in [1.82, 2.24) is 14.9 Å². The number of nitrogens with zero attached hydrogens (tertiary/aromatic N) is 3. The van der Waals surface area contributed by atoms with Crippen LogP contribution in [0.15, 0.2) is 30.3 Å². The van der Waals surface area contributed by atoms with Crippen LogP contribution >= 0.6 is 11.6 Å². The molecule has 1 amide bonds. The zero-order valence-electron chi connectivity index (χ0n) is 15.7. The lowest BCUT2D eigenvalue weighted by Gasteiger charge is -2.22. The third-order valence-corrected chi connectivity index (χ3v) is 4.26. The van der Waals surface area contributed by atoms with Crippen molar-refractivity contribution in [3.63, 3.8) is 0 Å². The third kappa shape index (κ3) is 5.58. The first kappa shape index (κ1) is 21.9. The highest BCUT2D eigenvalue weighted by molar-refractivity contribution is 6.33. The molecule has 0 aliphatic heterocycles. The van der Waals surface area contributed by atoms with Crippen LogP contribution in [0.4, 0.5) is 19.0 Å². The minimum Gasteiger partial charge on any atom is -0.360 e. The Morgan fingerprint density at radius 3 is 2.25 bits per heavy atom. The summed E-state index contributed by atoms with van der Waals surface area (Å²) >= 11 is 5.91. The number of carbonyl (C=O) groups excluding carboxylic acids is 1. The van der Waals surface area contributed by atoms with Gasteiger partial charge in [-0.1, -0.05) is 55.8 Å². The molecule has 0 radical (unpaired) electrons. The molecule has 2 aromatic rings. The van der Waals surface area contributed by atoms with Crippen LogP contribution in [-0.4, -0.2) is 40.4 Å². The summed E-state index contributed by atoms with van der Waals surface area (Å²) in [4.78, 5) is 21.8. The summed E-state index contributed by atoms with van der Waals surface area (Å²) in [5.41, 5.74) is -0.824. The Hall–Kier alpha value is -2.35. The van der Waals surface area contributed by atoms with Crippen molar-refractivity contribution in [2.45, 2.75) is 32.9 Å². The number of aromatic nitrogens is 2. The Balaban J connectivity index is 2.33. The Bertz CT molecular complexity index is 794.